The lowest BCUT2D eigenvalue weighted by Crippen LogP contribution is -2.42. The number of thiazole rings is 1. The minimum absolute atomic E-state index is 0. The molecular formula is C18H24ClN3O2S. The molecule has 1 aromatic heterocycles. The summed E-state index contributed by atoms with van der Waals surface area (Å²) < 4.78 is 6.20. The van der Waals surface area contributed by atoms with Crippen molar-refractivity contribution in [1.29, 1.82) is 0 Å². The van der Waals surface area contributed by atoms with Gasteiger partial charge in [0.1, 0.15) is 22.6 Å². The van der Waals surface area contributed by atoms with Crippen molar-refractivity contribution < 1.29 is 9.53 Å². The molecule has 1 aromatic carbocycles. The van der Waals surface area contributed by atoms with Crippen LogP contribution in [0.5, 0.6) is 5.75 Å². The van der Waals surface area contributed by atoms with Crippen molar-refractivity contribution in [3.05, 3.63) is 45.4 Å². The molecule has 0 aliphatic carbocycles. The Balaban J connectivity index is 0.00000225. The molecule has 3 rings (SSSR count). The SMILES string of the molecule is Cc1cccc(C)c1OC1CCN(C(=O)c2csc(CN)n2)CC1.Cl. The Morgan fingerprint density at radius 2 is 1.96 bits per heavy atom. The number of halogens is 1. The Hall–Kier alpha value is -1.63. The summed E-state index contributed by atoms with van der Waals surface area (Å²) in [6.07, 6.45) is 1.84. The van der Waals surface area contributed by atoms with Gasteiger partial charge in [0.05, 0.1) is 0 Å². The summed E-state index contributed by atoms with van der Waals surface area (Å²) in [6, 6.07) is 6.18. The maximum absolute atomic E-state index is 12.5. The number of carbonyl (C=O) groups excluding carboxylic acids is 1. The standard InChI is InChI=1S/C18H23N3O2S.ClH/c1-12-4-3-5-13(2)17(12)23-14-6-8-21(9-7-14)18(22)15-11-24-16(10-19)20-15;/h3-5,11,14H,6-10,19H2,1-2H3;1H. The number of hydrogen-bond donors (Lipinski definition) is 1. The fraction of sp³-hybridized carbons (Fsp3) is 0.444. The molecule has 136 valence electrons. The monoisotopic (exact) mass is 381 g/mol. The molecular weight excluding hydrogens is 358 g/mol. The maximum atomic E-state index is 12.5. The largest absolute Gasteiger partial charge is 0.490 e. The van der Waals surface area contributed by atoms with Crippen molar-refractivity contribution >= 4 is 29.7 Å². The second-order valence-electron chi connectivity index (χ2n) is 6.16. The summed E-state index contributed by atoms with van der Waals surface area (Å²) >= 11 is 1.44. The third-order valence-corrected chi connectivity index (χ3v) is 5.24. The van der Waals surface area contributed by atoms with Gasteiger partial charge in [0.25, 0.3) is 5.91 Å². The van der Waals surface area contributed by atoms with E-state index in [9.17, 15) is 4.79 Å². The fourth-order valence-corrected chi connectivity index (χ4v) is 3.64. The maximum Gasteiger partial charge on any atom is 0.273 e. The fourth-order valence-electron chi connectivity index (χ4n) is 2.99. The second kappa shape index (κ2) is 8.65. The number of benzene rings is 1. The van der Waals surface area contributed by atoms with Crippen molar-refractivity contribution in [3.8, 4) is 5.75 Å². The number of amides is 1. The Bertz CT molecular complexity index is 707. The van der Waals surface area contributed by atoms with Crippen molar-refractivity contribution in [3.63, 3.8) is 0 Å². The zero-order valence-electron chi connectivity index (χ0n) is 14.5. The van der Waals surface area contributed by atoms with Crippen LogP contribution in [-0.4, -0.2) is 35.0 Å². The highest BCUT2D eigenvalue weighted by Crippen LogP contribution is 2.26. The van der Waals surface area contributed by atoms with Gasteiger partial charge in [-0.25, -0.2) is 4.98 Å². The van der Waals surface area contributed by atoms with Gasteiger partial charge in [0.15, 0.2) is 0 Å². The van der Waals surface area contributed by atoms with Crippen LogP contribution in [0.4, 0.5) is 0 Å². The predicted molar refractivity (Wildman–Crippen MR) is 103 cm³/mol. The first-order chi connectivity index (χ1) is 11.6. The van der Waals surface area contributed by atoms with Crippen LogP contribution < -0.4 is 10.5 Å². The number of piperidine rings is 1. The molecule has 2 N–H and O–H groups in total. The van der Waals surface area contributed by atoms with Gasteiger partial charge in [0.2, 0.25) is 0 Å². The number of ether oxygens (including phenoxy) is 1. The smallest absolute Gasteiger partial charge is 0.273 e. The Kier molecular flexibility index (Phi) is 6.81. The van der Waals surface area contributed by atoms with Gasteiger partial charge >= 0.3 is 0 Å². The van der Waals surface area contributed by atoms with Crippen LogP contribution in [0, 0.1) is 13.8 Å². The summed E-state index contributed by atoms with van der Waals surface area (Å²) in [4.78, 5) is 18.6. The zero-order chi connectivity index (χ0) is 17.1. The van der Waals surface area contributed by atoms with Gasteiger partial charge in [0, 0.05) is 37.9 Å². The topological polar surface area (TPSA) is 68.5 Å². The Labute approximate surface area is 158 Å². The van der Waals surface area contributed by atoms with Crippen LogP contribution in [0.3, 0.4) is 0 Å². The first-order valence-corrected chi connectivity index (χ1v) is 9.13. The molecule has 25 heavy (non-hydrogen) atoms. The summed E-state index contributed by atoms with van der Waals surface area (Å²) in [5.41, 5.74) is 8.39. The van der Waals surface area contributed by atoms with E-state index in [1.165, 1.54) is 11.3 Å². The number of aromatic nitrogens is 1. The van der Waals surface area contributed by atoms with Crippen LogP contribution in [0.25, 0.3) is 0 Å². The van der Waals surface area contributed by atoms with Crippen LogP contribution >= 0.6 is 23.7 Å². The molecule has 1 aliphatic rings. The summed E-state index contributed by atoms with van der Waals surface area (Å²) in [5.74, 6) is 0.978. The average molecular weight is 382 g/mol. The average Bonchev–Trinajstić information content (AvgIpc) is 3.07. The molecule has 0 bridgehead atoms. The van der Waals surface area contributed by atoms with Crippen molar-refractivity contribution in [2.45, 2.75) is 39.3 Å². The first-order valence-electron chi connectivity index (χ1n) is 8.25. The Morgan fingerprint density at radius 3 is 2.52 bits per heavy atom. The van der Waals surface area contributed by atoms with Crippen LogP contribution in [0.15, 0.2) is 23.6 Å². The Morgan fingerprint density at radius 1 is 1.32 bits per heavy atom. The molecule has 5 nitrogen and oxygen atoms in total. The number of likely N-dealkylation sites (tertiary alicyclic amines) is 1. The molecule has 1 aliphatic heterocycles. The minimum Gasteiger partial charge on any atom is -0.490 e. The quantitative estimate of drug-likeness (QED) is 0.881. The number of nitrogens with zero attached hydrogens (tertiary/aromatic N) is 2. The highest BCUT2D eigenvalue weighted by atomic mass is 35.5. The molecule has 0 atom stereocenters. The molecule has 1 amide bonds. The van der Waals surface area contributed by atoms with Crippen LogP contribution in [0.2, 0.25) is 0 Å². The molecule has 2 aromatic rings. The number of hydrogen-bond acceptors (Lipinski definition) is 5. The lowest BCUT2D eigenvalue weighted by Gasteiger charge is -2.32. The molecule has 1 saturated heterocycles. The highest BCUT2D eigenvalue weighted by molar-refractivity contribution is 7.09. The summed E-state index contributed by atoms with van der Waals surface area (Å²) in [5, 5.41) is 2.59. The third-order valence-electron chi connectivity index (χ3n) is 4.37. The zero-order valence-corrected chi connectivity index (χ0v) is 16.2. The predicted octanol–water partition coefficient (Wildman–Crippen LogP) is 3.32. The normalized spacial score (nSPS) is 14.9. The number of para-hydroxylation sites is 1. The summed E-state index contributed by atoms with van der Waals surface area (Å²) in [7, 11) is 0. The van der Waals surface area contributed by atoms with Crippen molar-refractivity contribution in [2.75, 3.05) is 13.1 Å². The molecule has 1 fully saturated rings. The third kappa shape index (κ3) is 4.51. The first kappa shape index (κ1) is 19.7. The number of carbonyl (C=O) groups is 1. The second-order valence-corrected chi connectivity index (χ2v) is 7.10. The van der Waals surface area contributed by atoms with Gasteiger partial charge in [-0.15, -0.1) is 23.7 Å². The van der Waals surface area contributed by atoms with E-state index in [4.69, 9.17) is 10.5 Å². The minimum atomic E-state index is -0.00327. The van der Waals surface area contributed by atoms with Gasteiger partial charge in [-0.3, -0.25) is 4.79 Å². The highest BCUT2D eigenvalue weighted by Gasteiger charge is 2.26. The van der Waals surface area contributed by atoms with Gasteiger partial charge < -0.3 is 15.4 Å². The van der Waals surface area contributed by atoms with E-state index in [0.29, 0.717) is 25.3 Å². The lowest BCUT2D eigenvalue weighted by atomic mass is 10.1. The van der Waals surface area contributed by atoms with Crippen molar-refractivity contribution in [2.24, 2.45) is 5.73 Å². The van der Waals surface area contributed by atoms with Gasteiger partial charge in [-0.05, 0) is 25.0 Å². The number of nitrogens with two attached hydrogens (primary N) is 1. The van der Waals surface area contributed by atoms with E-state index in [0.717, 1.165) is 34.7 Å². The molecule has 0 unspecified atom stereocenters. The molecule has 0 saturated carbocycles. The van der Waals surface area contributed by atoms with Crippen LogP contribution in [-0.2, 0) is 6.54 Å². The molecule has 0 spiro atoms. The lowest BCUT2D eigenvalue weighted by molar-refractivity contribution is 0.0588. The van der Waals surface area contributed by atoms with E-state index in [1.54, 1.807) is 5.38 Å². The van der Waals surface area contributed by atoms with Gasteiger partial charge in [-0.2, -0.15) is 0 Å². The molecule has 0 radical (unpaired) electrons. The number of aryl methyl sites for hydroxylation is 2. The molecule has 2 heterocycles. The summed E-state index contributed by atoms with van der Waals surface area (Å²) in [6.45, 7) is 5.91. The number of rotatable bonds is 4. The van der Waals surface area contributed by atoms with E-state index < -0.39 is 0 Å². The van der Waals surface area contributed by atoms with Gasteiger partial charge in [-0.1, -0.05) is 18.2 Å². The van der Waals surface area contributed by atoms with Crippen molar-refractivity contribution in [1.82, 2.24) is 9.88 Å². The van der Waals surface area contributed by atoms with Crippen LogP contribution in [0.1, 0.15) is 39.5 Å². The van der Waals surface area contributed by atoms with E-state index in [1.807, 2.05) is 11.0 Å². The molecule has 7 heteroatoms. The van der Waals surface area contributed by atoms with E-state index in [2.05, 4.69) is 31.0 Å². The van der Waals surface area contributed by atoms with E-state index in [-0.39, 0.29) is 24.4 Å². The van der Waals surface area contributed by atoms with E-state index >= 15 is 0 Å².